The highest BCUT2D eigenvalue weighted by Crippen LogP contribution is 2.22. The molecule has 20 heavy (non-hydrogen) atoms. The number of amides is 1. The van der Waals surface area contributed by atoms with Gasteiger partial charge < -0.3 is 11.1 Å². The van der Waals surface area contributed by atoms with E-state index in [2.05, 4.69) is 5.32 Å². The Morgan fingerprint density at radius 1 is 1.50 bits per heavy atom. The summed E-state index contributed by atoms with van der Waals surface area (Å²) in [4.78, 5) is 11.9. The molecule has 0 fully saturated rings. The zero-order chi connectivity index (χ0) is 15.5. The van der Waals surface area contributed by atoms with E-state index in [9.17, 15) is 17.6 Å². The number of carbonyl (C=O) groups is 1. The molecular weight excluding hydrogens is 307 g/mol. The minimum Gasteiger partial charge on any atom is -0.396 e. The minimum atomic E-state index is -3.22. The first kappa shape index (κ1) is 16.7. The van der Waals surface area contributed by atoms with Crippen molar-refractivity contribution < 1.29 is 17.6 Å². The van der Waals surface area contributed by atoms with Crippen molar-refractivity contribution in [2.75, 3.05) is 17.2 Å². The number of hydrogen-bond acceptors (Lipinski definition) is 4. The fourth-order valence-corrected chi connectivity index (χ4v) is 2.90. The molecular formula is C12H16ClFN2O3S. The van der Waals surface area contributed by atoms with Crippen molar-refractivity contribution in [1.29, 1.82) is 0 Å². The first-order chi connectivity index (χ1) is 9.16. The van der Waals surface area contributed by atoms with E-state index in [4.69, 9.17) is 17.3 Å². The van der Waals surface area contributed by atoms with E-state index < -0.39 is 27.6 Å². The van der Waals surface area contributed by atoms with E-state index >= 15 is 0 Å². The van der Waals surface area contributed by atoms with Crippen LogP contribution < -0.4 is 11.1 Å². The summed E-state index contributed by atoms with van der Waals surface area (Å²) < 4.78 is 36.3. The van der Waals surface area contributed by atoms with E-state index in [1.54, 1.807) is 6.92 Å². The van der Waals surface area contributed by atoms with Crippen molar-refractivity contribution in [3.8, 4) is 0 Å². The summed E-state index contributed by atoms with van der Waals surface area (Å²) in [5, 5.41) is 2.50. The Kier molecular flexibility index (Phi) is 5.35. The molecule has 112 valence electrons. The molecule has 0 aliphatic carbocycles. The quantitative estimate of drug-likeness (QED) is 0.806. The number of anilines is 1. The van der Waals surface area contributed by atoms with Gasteiger partial charge in [0.1, 0.15) is 5.82 Å². The molecule has 5 nitrogen and oxygen atoms in total. The summed E-state index contributed by atoms with van der Waals surface area (Å²) in [5.74, 6) is -1.67. The van der Waals surface area contributed by atoms with Crippen LogP contribution in [0.2, 0.25) is 5.02 Å². The van der Waals surface area contributed by atoms with Crippen LogP contribution in [0.5, 0.6) is 0 Å². The second-order valence-corrected chi connectivity index (χ2v) is 7.26. The summed E-state index contributed by atoms with van der Waals surface area (Å²) in [7, 11) is -3.22. The second-order valence-electron chi connectivity index (χ2n) is 4.42. The van der Waals surface area contributed by atoms with Crippen molar-refractivity contribution in [3.63, 3.8) is 0 Å². The maximum atomic E-state index is 13.4. The van der Waals surface area contributed by atoms with Gasteiger partial charge in [-0.15, -0.1) is 0 Å². The number of nitrogen functional groups attached to an aromatic ring is 1. The Bertz CT molecular complexity index is 619. The lowest BCUT2D eigenvalue weighted by molar-refractivity contribution is 0.0944. The zero-order valence-electron chi connectivity index (χ0n) is 11.1. The molecule has 1 aromatic carbocycles. The van der Waals surface area contributed by atoms with Crippen LogP contribution >= 0.6 is 11.6 Å². The number of carbonyl (C=O) groups excluding carboxylic acids is 1. The topological polar surface area (TPSA) is 89.3 Å². The smallest absolute Gasteiger partial charge is 0.253 e. The molecule has 0 saturated heterocycles. The van der Waals surface area contributed by atoms with Crippen molar-refractivity contribution in [3.05, 3.63) is 28.5 Å². The molecule has 0 aromatic heterocycles. The normalized spacial score (nSPS) is 13.0. The van der Waals surface area contributed by atoms with Gasteiger partial charge in [-0.2, -0.15) is 0 Å². The van der Waals surface area contributed by atoms with Gasteiger partial charge in [0.15, 0.2) is 9.84 Å². The van der Waals surface area contributed by atoms with Gasteiger partial charge in [-0.25, -0.2) is 12.8 Å². The van der Waals surface area contributed by atoms with Crippen LogP contribution in [-0.2, 0) is 9.84 Å². The first-order valence-electron chi connectivity index (χ1n) is 5.92. The highest BCUT2D eigenvalue weighted by atomic mass is 35.5. The third kappa shape index (κ3) is 4.35. The molecule has 0 saturated carbocycles. The maximum Gasteiger partial charge on any atom is 0.253 e. The SMILES string of the molecule is CCS(=O)(=O)C[C@H](C)NC(=O)c1cc(Cl)cc(F)c1N. The third-order valence-corrected chi connectivity index (χ3v) is 4.77. The van der Waals surface area contributed by atoms with Crippen molar-refractivity contribution >= 4 is 33.0 Å². The van der Waals surface area contributed by atoms with Crippen LogP contribution in [0.15, 0.2) is 12.1 Å². The van der Waals surface area contributed by atoms with E-state index in [0.29, 0.717) is 0 Å². The molecule has 0 bridgehead atoms. The van der Waals surface area contributed by atoms with Crippen LogP contribution in [0.1, 0.15) is 24.2 Å². The Labute approximate surface area is 122 Å². The fourth-order valence-electron chi connectivity index (χ4n) is 1.61. The van der Waals surface area contributed by atoms with Crippen molar-refractivity contribution in [1.82, 2.24) is 5.32 Å². The van der Waals surface area contributed by atoms with E-state index in [1.807, 2.05) is 0 Å². The lowest BCUT2D eigenvalue weighted by Crippen LogP contribution is -2.38. The number of nitrogens with two attached hydrogens (primary N) is 1. The molecule has 8 heteroatoms. The van der Waals surface area contributed by atoms with Crippen LogP contribution in [0.4, 0.5) is 10.1 Å². The van der Waals surface area contributed by atoms with Gasteiger partial charge in [0.2, 0.25) is 0 Å². The van der Waals surface area contributed by atoms with Gasteiger partial charge in [0, 0.05) is 16.8 Å². The van der Waals surface area contributed by atoms with Crippen LogP contribution in [0.25, 0.3) is 0 Å². The third-order valence-electron chi connectivity index (χ3n) is 2.66. The number of nitrogens with one attached hydrogen (secondary N) is 1. The molecule has 0 heterocycles. The Morgan fingerprint density at radius 3 is 2.65 bits per heavy atom. The van der Waals surface area contributed by atoms with Gasteiger partial charge in [0.25, 0.3) is 5.91 Å². The van der Waals surface area contributed by atoms with Gasteiger partial charge in [-0.1, -0.05) is 18.5 Å². The molecule has 1 atom stereocenters. The molecule has 0 spiro atoms. The highest BCUT2D eigenvalue weighted by Gasteiger charge is 2.19. The molecule has 0 aliphatic rings. The Balaban J connectivity index is 2.87. The van der Waals surface area contributed by atoms with Crippen LogP contribution in [0.3, 0.4) is 0 Å². The number of sulfone groups is 1. The van der Waals surface area contributed by atoms with E-state index in [1.165, 1.54) is 13.0 Å². The lowest BCUT2D eigenvalue weighted by Gasteiger charge is -2.15. The summed E-state index contributed by atoms with van der Waals surface area (Å²) in [6.07, 6.45) is 0. The van der Waals surface area contributed by atoms with Crippen LogP contribution in [-0.4, -0.2) is 31.9 Å². The molecule has 1 rings (SSSR count). The highest BCUT2D eigenvalue weighted by molar-refractivity contribution is 7.91. The summed E-state index contributed by atoms with van der Waals surface area (Å²) in [5.41, 5.74) is 5.03. The summed E-state index contributed by atoms with van der Waals surface area (Å²) >= 11 is 5.66. The average molecular weight is 323 g/mol. The lowest BCUT2D eigenvalue weighted by atomic mass is 10.1. The average Bonchev–Trinajstić information content (AvgIpc) is 2.32. The molecule has 1 amide bonds. The summed E-state index contributed by atoms with van der Waals surface area (Å²) in [6.45, 7) is 3.07. The van der Waals surface area contributed by atoms with E-state index in [-0.39, 0.29) is 27.8 Å². The Hall–Kier alpha value is -1.34. The molecule has 1 aromatic rings. The predicted octanol–water partition coefficient (Wildman–Crippen LogP) is 1.61. The summed E-state index contributed by atoms with van der Waals surface area (Å²) in [6, 6.07) is 1.61. The minimum absolute atomic E-state index is 0.0128. The van der Waals surface area contributed by atoms with Gasteiger partial charge >= 0.3 is 0 Å². The second kappa shape index (κ2) is 6.41. The number of rotatable bonds is 5. The molecule has 0 radical (unpaired) electrons. The molecule has 0 unspecified atom stereocenters. The van der Waals surface area contributed by atoms with Gasteiger partial charge in [-0.3, -0.25) is 4.79 Å². The number of halogens is 2. The Morgan fingerprint density at radius 2 is 2.10 bits per heavy atom. The number of benzene rings is 1. The first-order valence-corrected chi connectivity index (χ1v) is 8.12. The van der Waals surface area contributed by atoms with Crippen molar-refractivity contribution in [2.45, 2.75) is 19.9 Å². The van der Waals surface area contributed by atoms with Crippen LogP contribution in [0, 0.1) is 5.82 Å². The predicted molar refractivity (Wildman–Crippen MR) is 77.1 cm³/mol. The largest absolute Gasteiger partial charge is 0.396 e. The van der Waals surface area contributed by atoms with E-state index in [0.717, 1.165) is 6.07 Å². The molecule has 0 aliphatic heterocycles. The zero-order valence-corrected chi connectivity index (χ0v) is 12.7. The van der Waals surface area contributed by atoms with Gasteiger partial charge in [-0.05, 0) is 19.1 Å². The number of hydrogen-bond donors (Lipinski definition) is 2. The monoisotopic (exact) mass is 322 g/mol. The van der Waals surface area contributed by atoms with Gasteiger partial charge in [0.05, 0.1) is 17.0 Å². The standard InChI is InChI=1S/C12H16ClFN2O3S/c1-3-20(18,19)6-7(2)16-12(17)9-4-8(13)5-10(14)11(9)15/h4-5,7H,3,6,15H2,1-2H3,(H,16,17)/t7-/m0/s1. The fraction of sp³-hybridized carbons (Fsp3) is 0.417. The van der Waals surface area contributed by atoms with Crippen molar-refractivity contribution in [2.24, 2.45) is 0 Å². The molecule has 3 N–H and O–H groups in total. The maximum absolute atomic E-state index is 13.4.